The molecule has 3 heterocycles. The molecule has 28 heavy (non-hydrogen) atoms. The summed E-state index contributed by atoms with van der Waals surface area (Å²) in [6.07, 6.45) is 4.79. The Balaban J connectivity index is 1.47. The van der Waals surface area contributed by atoms with Crippen LogP contribution in [0.5, 0.6) is 0 Å². The number of carbonyl (C=O) groups excluding carboxylic acids is 1. The molecule has 0 aliphatic carbocycles. The normalized spacial score (nSPS) is 22.5. The number of hydrogen-bond donors (Lipinski definition) is 1. The van der Waals surface area contributed by atoms with Gasteiger partial charge < -0.3 is 14.9 Å². The number of amides is 1. The zero-order chi connectivity index (χ0) is 19.7. The molecule has 0 bridgehead atoms. The van der Waals surface area contributed by atoms with Gasteiger partial charge in [0.15, 0.2) is 0 Å². The number of rotatable bonds is 3. The molecule has 0 saturated carbocycles. The lowest BCUT2D eigenvalue weighted by molar-refractivity contribution is 0.0534. The van der Waals surface area contributed by atoms with Crippen LogP contribution in [0.3, 0.4) is 0 Å². The number of hydrogen-bond acceptors (Lipinski definition) is 4. The molecule has 1 atom stereocenters. The predicted molar refractivity (Wildman–Crippen MR) is 106 cm³/mol. The fourth-order valence-electron chi connectivity index (χ4n) is 4.53. The van der Waals surface area contributed by atoms with Gasteiger partial charge in [0.05, 0.1) is 11.3 Å². The monoisotopic (exact) mass is 379 g/mol. The van der Waals surface area contributed by atoms with Gasteiger partial charge in [0, 0.05) is 42.4 Å². The van der Waals surface area contributed by atoms with Crippen molar-refractivity contribution in [2.45, 2.75) is 19.3 Å². The van der Waals surface area contributed by atoms with Gasteiger partial charge in [-0.2, -0.15) is 0 Å². The quantitative estimate of drug-likeness (QED) is 0.887. The van der Waals surface area contributed by atoms with Crippen LogP contribution in [0.15, 0.2) is 42.6 Å². The van der Waals surface area contributed by atoms with E-state index in [2.05, 4.69) is 16.9 Å². The SMILES string of the molecule is CN1CCC2(CCCN(C(=O)c3ccc(-c4ccc(C(=O)O)cn4)cc3)C2)C1. The first-order chi connectivity index (χ1) is 13.5. The predicted octanol–water partition coefficient (Wildman–Crippen LogP) is 3.00. The van der Waals surface area contributed by atoms with Crippen molar-refractivity contribution in [3.63, 3.8) is 0 Å². The van der Waals surface area contributed by atoms with Gasteiger partial charge in [-0.05, 0) is 57.1 Å². The van der Waals surface area contributed by atoms with Gasteiger partial charge in [-0.3, -0.25) is 9.78 Å². The Hall–Kier alpha value is -2.73. The molecule has 1 amide bonds. The van der Waals surface area contributed by atoms with Gasteiger partial charge in [-0.1, -0.05) is 12.1 Å². The van der Waals surface area contributed by atoms with E-state index in [9.17, 15) is 9.59 Å². The molecule has 0 radical (unpaired) electrons. The van der Waals surface area contributed by atoms with E-state index in [0.717, 1.165) is 38.2 Å². The summed E-state index contributed by atoms with van der Waals surface area (Å²) in [4.78, 5) is 32.6. The third kappa shape index (κ3) is 3.64. The molecule has 2 aromatic rings. The molecule has 2 fully saturated rings. The van der Waals surface area contributed by atoms with Crippen molar-refractivity contribution in [2.75, 3.05) is 33.2 Å². The van der Waals surface area contributed by atoms with Crippen LogP contribution in [-0.2, 0) is 0 Å². The van der Waals surface area contributed by atoms with Gasteiger partial charge in [-0.15, -0.1) is 0 Å². The summed E-state index contributed by atoms with van der Waals surface area (Å²) in [5.41, 5.74) is 2.66. The number of benzene rings is 1. The van der Waals surface area contributed by atoms with Crippen molar-refractivity contribution in [1.82, 2.24) is 14.8 Å². The molecule has 1 N–H and O–H groups in total. The molecule has 6 heteroatoms. The fourth-order valence-corrected chi connectivity index (χ4v) is 4.53. The molecule has 1 aromatic heterocycles. The summed E-state index contributed by atoms with van der Waals surface area (Å²) < 4.78 is 0. The highest BCUT2D eigenvalue weighted by Gasteiger charge is 2.41. The summed E-state index contributed by atoms with van der Waals surface area (Å²) in [6, 6.07) is 10.7. The topological polar surface area (TPSA) is 73.7 Å². The molecule has 2 aliphatic rings. The van der Waals surface area contributed by atoms with Crippen LogP contribution in [0.2, 0.25) is 0 Å². The lowest BCUT2D eigenvalue weighted by atomic mass is 9.79. The van der Waals surface area contributed by atoms with Crippen molar-refractivity contribution in [3.05, 3.63) is 53.7 Å². The summed E-state index contributed by atoms with van der Waals surface area (Å²) in [7, 11) is 2.16. The highest BCUT2D eigenvalue weighted by molar-refractivity contribution is 5.94. The van der Waals surface area contributed by atoms with Gasteiger partial charge in [0.25, 0.3) is 5.91 Å². The van der Waals surface area contributed by atoms with E-state index in [1.165, 1.54) is 25.1 Å². The van der Waals surface area contributed by atoms with Crippen molar-refractivity contribution in [1.29, 1.82) is 0 Å². The van der Waals surface area contributed by atoms with Gasteiger partial charge in [0.1, 0.15) is 0 Å². The summed E-state index contributed by atoms with van der Waals surface area (Å²) in [6.45, 7) is 3.86. The average Bonchev–Trinajstić information content (AvgIpc) is 3.07. The smallest absolute Gasteiger partial charge is 0.337 e. The number of aromatic nitrogens is 1. The van der Waals surface area contributed by atoms with Gasteiger partial charge in [0.2, 0.25) is 0 Å². The minimum atomic E-state index is -0.993. The van der Waals surface area contributed by atoms with Crippen LogP contribution in [0.4, 0.5) is 0 Å². The second-order valence-electron chi connectivity index (χ2n) is 8.13. The van der Waals surface area contributed by atoms with Crippen LogP contribution in [0.25, 0.3) is 11.3 Å². The van der Waals surface area contributed by atoms with Crippen molar-refractivity contribution in [3.8, 4) is 11.3 Å². The van der Waals surface area contributed by atoms with E-state index in [-0.39, 0.29) is 16.9 Å². The van der Waals surface area contributed by atoms with Crippen molar-refractivity contribution >= 4 is 11.9 Å². The first-order valence-corrected chi connectivity index (χ1v) is 9.73. The molecule has 6 nitrogen and oxygen atoms in total. The zero-order valence-corrected chi connectivity index (χ0v) is 16.1. The standard InChI is InChI=1S/C22H25N3O3/c1-24-12-10-22(14-24)9-2-11-25(15-22)20(26)17-5-3-16(4-6-17)19-8-7-18(13-23-19)21(27)28/h3-8,13H,2,9-12,14-15H2,1H3,(H,27,28). The number of likely N-dealkylation sites (tertiary alicyclic amines) is 2. The van der Waals surface area contributed by atoms with Gasteiger partial charge in [-0.25, -0.2) is 4.79 Å². The second-order valence-corrected chi connectivity index (χ2v) is 8.13. The van der Waals surface area contributed by atoms with Gasteiger partial charge >= 0.3 is 5.97 Å². The minimum Gasteiger partial charge on any atom is -0.478 e. The van der Waals surface area contributed by atoms with E-state index in [0.29, 0.717) is 11.3 Å². The Morgan fingerprint density at radius 2 is 1.75 bits per heavy atom. The Morgan fingerprint density at radius 3 is 2.36 bits per heavy atom. The Morgan fingerprint density at radius 1 is 1.00 bits per heavy atom. The van der Waals surface area contributed by atoms with Crippen LogP contribution in [0.1, 0.15) is 40.0 Å². The maximum Gasteiger partial charge on any atom is 0.337 e. The average molecular weight is 379 g/mol. The highest BCUT2D eigenvalue weighted by Crippen LogP contribution is 2.38. The lowest BCUT2D eigenvalue weighted by Crippen LogP contribution is -2.47. The maximum atomic E-state index is 13.0. The van der Waals surface area contributed by atoms with Crippen LogP contribution in [-0.4, -0.2) is 65.0 Å². The number of nitrogens with zero attached hydrogens (tertiary/aromatic N) is 3. The van der Waals surface area contributed by atoms with Crippen molar-refractivity contribution < 1.29 is 14.7 Å². The molecule has 2 aliphatic heterocycles. The highest BCUT2D eigenvalue weighted by atomic mass is 16.4. The van der Waals surface area contributed by atoms with E-state index in [4.69, 9.17) is 5.11 Å². The number of carboxylic acids is 1. The molecule has 146 valence electrons. The molecular formula is C22H25N3O3. The second kappa shape index (κ2) is 7.36. The first kappa shape index (κ1) is 18.6. The number of carboxylic acid groups (broad SMARTS) is 1. The van der Waals surface area contributed by atoms with E-state index in [1.54, 1.807) is 6.07 Å². The molecule has 1 spiro atoms. The zero-order valence-electron chi connectivity index (χ0n) is 16.1. The number of pyridine rings is 1. The third-order valence-electron chi connectivity index (χ3n) is 6.02. The minimum absolute atomic E-state index is 0.0920. The van der Waals surface area contributed by atoms with Crippen LogP contribution in [0, 0.1) is 5.41 Å². The largest absolute Gasteiger partial charge is 0.478 e. The van der Waals surface area contributed by atoms with E-state index in [1.807, 2.05) is 29.2 Å². The summed E-state index contributed by atoms with van der Waals surface area (Å²) >= 11 is 0. The molecular weight excluding hydrogens is 354 g/mol. The molecule has 4 rings (SSSR count). The number of aromatic carboxylic acids is 1. The van der Waals surface area contributed by atoms with E-state index < -0.39 is 5.97 Å². The summed E-state index contributed by atoms with van der Waals surface area (Å²) in [5.74, 6) is -0.901. The summed E-state index contributed by atoms with van der Waals surface area (Å²) in [5, 5.41) is 8.97. The van der Waals surface area contributed by atoms with E-state index >= 15 is 0 Å². The van der Waals surface area contributed by atoms with Crippen LogP contribution < -0.4 is 0 Å². The molecule has 1 unspecified atom stereocenters. The lowest BCUT2D eigenvalue weighted by Gasteiger charge is -2.40. The Kier molecular flexibility index (Phi) is 4.89. The Bertz CT molecular complexity index is 875. The maximum absolute atomic E-state index is 13.0. The fraction of sp³-hybridized carbons (Fsp3) is 0.409. The molecule has 1 aromatic carbocycles. The van der Waals surface area contributed by atoms with Crippen LogP contribution >= 0.6 is 0 Å². The number of piperidine rings is 1. The molecule has 2 saturated heterocycles. The first-order valence-electron chi connectivity index (χ1n) is 9.73. The number of carbonyl (C=O) groups is 2. The Labute approximate surface area is 164 Å². The van der Waals surface area contributed by atoms with Crippen molar-refractivity contribution in [2.24, 2.45) is 5.41 Å². The third-order valence-corrected chi connectivity index (χ3v) is 6.02.